The minimum Gasteiger partial charge on any atom is -0.383 e. The Kier molecular flexibility index (Phi) is 6.46. The van der Waals surface area contributed by atoms with Crippen LogP contribution in [0.5, 0.6) is 0 Å². The number of rotatable bonds is 6. The number of carbonyl (C=O) groups is 1. The summed E-state index contributed by atoms with van der Waals surface area (Å²) in [6.07, 6.45) is 0. The number of amides is 1. The summed E-state index contributed by atoms with van der Waals surface area (Å²) in [5.41, 5.74) is 0.509. The van der Waals surface area contributed by atoms with Gasteiger partial charge in [0, 0.05) is 41.5 Å². The summed E-state index contributed by atoms with van der Waals surface area (Å²) in [5, 5.41) is 0.144. The monoisotopic (exact) mass is 353 g/mol. The van der Waals surface area contributed by atoms with E-state index < -0.39 is 9.05 Å². The van der Waals surface area contributed by atoms with E-state index in [1.165, 1.54) is 19.1 Å². The fraction of sp³-hybridized carbons (Fsp3) is 0.462. The van der Waals surface area contributed by atoms with E-state index in [1.807, 2.05) is 6.92 Å². The van der Waals surface area contributed by atoms with Crippen LogP contribution >= 0.6 is 22.3 Å². The Labute approximate surface area is 134 Å². The number of ether oxygens (including phenoxy) is 1. The van der Waals surface area contributed by atoms with E-state index in [0.29, 0.717) is 19.7 Å². The van der Waals surface area contributed by atoms with Crippen molar-refractivity contribution in [3.63, 3.8) is 0 Å². The number of halogens is 2. The number of benzene rings is 1. The highest BCUT2D eigenvalue weighted by Crippen LogP contribution is 2.27. The van der Waals surface area contributed by atoms with Crippen molar-refractivity contribution >= 4 is 37.2 Å². The molecular weight excluding hydrogens is 337 g/mol. The van der Waals surface area contributed by atoms with Gasteiger partial charge in [-0.3, -0.25) is 4.79 Å². The lowest BCUT2D eigenvalue weighted by molar-refractivity contribution is 0.0705. The molecule has 0 radical (unpaired) electrons. The van der Waals surface area contributed by atoms with Crippen LogP contribution in [0, 0.1) is 6.92 Å². The van der Waals surface area contributed by atoms with Crippen molar-refractivity contribution in [2.24, 2.45) is 0 Å². The number of likely N-dealkylation sites (N-methyl/N-ethyl adjacent to an activating group) is 1. The molecule has 1 rings (SSSR count). The van der Waals surface area contributed by atoms with Crippen LogP contribution in [0.3, 0.4) is 0 Å². The average Bonchev–Trinajstić information content (AvgIpc) is 2.40. The first kappa shape index (κ1) is 18.2. The molecule has 1 amide bonds. The van der Waals surface area contributed by atoms with Crippen molar-refractivity contribution < 1.29 is 17.9 Å². The van der Waals surface area contributed by atoms with Gasteiger partial charge in [0.1, 0.15) is 0 Å². The van der Waals surface area contributed by atoms with E-state index >= 15 is 0 Å². The lowest BCUT2D eigenvalue weighted by atomic mass is 10.1. The van der Waals surface area contributed by atoms with Gasteiger partial charge in [0.05, 0.1) is 11.5 Å². The lowest BCUT2D eigenvalue weighted by Gasteiger charge is -2.22. The number of carbonyl (C=O) groups excluding carboxylic acids is 1. The zero-order valence-corrected chi connectivity index (χ0v) is 14.3. The lowest BCUT2D eigenvalue weighted by Crippen LogP contribution is -2.34. The first-order valence-corrected chi connectivity index (χ1v) is 8.94. The van der Waals surface area contributed by atoms with Gasteiger partial charge in [0.15, 0.2) is 0 Å². The molecule has 0 spiro atoms. The summed E-state index contributed by atoms with van der Waals surface area (Å²) < 4.78 is 28.1. The molecule has 0 aliphatic heterocycles. The normalized spacial score (nSPS) is 11.5. The molecule has 0 saturated heterocycles. The Morgan fingerprint density at radius 3 is 2.48 bits per heavy atom. The zero-order valence-electron chi connectivity index (χ0n) is 12.0. The average molecular weight is 354 g/mol. The van der Waals surface area contributed by atoms with Gasteiger partial charge in [0.25, 0.3) is 15.0 Å². The molecule has 0 aliphatic carbocycles. The van der Waals surface area contributed by atoms with Crippen LogP contribution in [0.2, 0.25) is 5.02 Å². The Morgan fingerprint density at radius 2 is 2.00 bits per heavy atom. The van der Waals surface area contributed by atoms with Crippen molar-refractivity contribution in [3.05, 3.63) is 28.3 Å². The molecule has 0 heterocycles. The quantitative estimate of drug-likeness (QED) is 0.737. The van der Waals surface area contributed by atoms with Gasteiger partial charge in [-0.25, -0.2) is 8.42 Å². The van der Waals surface area contributed by atoms with Crippen LogP contribution in [0.25, 0.3) is 0 Å². The molecule has 0 bridgehead atoms. The maximum atomic E-state index is 12.5. The van der Waals surface area contributed by atoms with Gasteiger partial charge in [-0.05, 0) is 31.5 Å². The van der Waals surface area contributed by atoms with E-state index in [2.05, 4.69) is 0 Å². The molecule has 5 nitrogen and oxygen atoms in total. The van der Waals surface area contributed by atoms with Crippen LogP contribution in [-0.4, -0.2) is 46.0 Å². The van der Waals surface area contributed by atoms with Crippen LogP contribution in [0.15, 0.2) is 17.0 Å². The van der Waals surface area contributed by atoms with Crippen molar-refractivity contribution in [1.82, 2.24) is 4.90 Å². The molecule has 0 unspecified atom stereocenters. The fourth-order valence-electron chi connectivity index (χ4n) is 1.90. The second-order valence-electron chi connectivity index (χ2n) is 4.39. The summed E-state index contributed by atoms with van der Waals surface area (Å²) in [7, 11) is 2.95. The van der Waals surface area contributed by atoms with Gasteiger partial charge in [-0.1, -0.05) is 11.6 Å². The largest absolute Gasteiger partial charge is 0.383 e. The molecule has 0 N–H and O–H groups in total. The molecule has 1 aromatic rings. The van der Waals surface area contributed by atoms with Gasteiger partial charge >= 0.3 is 0 Å². The van der Waals surface area contributed by atoms with Crippen molar-refractivity contribution in [2.75, 3.05) is 26.8 Å². The molecular formula is C13H17Cl2NO4S. The predicted molar refractivity (Wildman–Crippen MR) is 82.7 cm³/mol. The molecule has 8 heteroatoms. The number of hydrogen-bond donors (Lipinski definition) is 0. The summed E-state index contributed by atoms with van der Waals surface area (Å²) in [6.45, 7) is 4.62. The highest BCUT2D eigenvalue weighted by molar-refractivity contribution is 8.13. The summed E-state index contributed by atoms with van der Waals surface area (Å²) in [6, 6.07) is 2.68. The summed E-state index contributed by atoms with van der Waals surface area (Å²) >= 11 is 5.91. The third-order valence-electron chi connectivity index (χ3n) is 3.05. The van der Waals surface area contributed by atoms with Crippen molar-refractivity contribution in [1.29, 1.82) is 0 Å². The number of nitrogens with zero attached hydrogens (tertiary/aromatic N) is 1. The third kappa shape index (κ3) is 4.57. The third-order valence-corrected chi connectivity index (χ3v) is 4.72. The standard InChI is InChI=1S/C13H17Cl2NO4S/c1-4-16(5-6-20-3)13(17)11-7-10(14)8-12(9(11)2)21(15,18)19/h7-8H,4-6H2,1-3H3. The topological polar surface area (TPSA) is 63.7 Å². The fourth-order valence-corrected chi connectivity index (χ4v) is 3.41. The van der Waals surface area contributed by atoms with Gasteiger partial charge in [-0.2, -0.15) is 0 Å². The molecule has 0 atom stereocenters. The second kappa shape index (κ2) is 7.45. The molecule has 0 saturated carbocycles. The maximum absolute atomic E-state index is 12.5. The highest BCUT2D eigenvalue weighted by Gasteiger charge is 2.23. The van der Waals surface area contributed by atoms with E-state index in [-0.39, 0.29) is 27.0 Å². The van der Waals surface area contributed by atoms with Crippen LogP contribution in [-0.2, 0) is 13.8 Å². The molecule has 0 fully saturated rings. The predicted octanol–water partition coefficient (Wildman–Crippen LogP) is 2.68. The molecule has 0 aliphatic rings. The van der Waals surface area contributed by atoms with E-state index in [1.54, 1.807) is 12.0 Å². The molecule has 1 aromatic carbocycles. The maximum Gasteiger partial charge on any atom is 0.261 e. The van der Waals surface area contributed by atoms with E-state index in [9.17, 15) is 13.2 Å². The number of methoxy groups -OCH3 is 1. The Balaban J connectivity index is 3.30. The molecule has 118 valence electrons. The Bertz CT molecular complexity index is 631. The van der Waals surface area contributed by atoms with Crippen LogP contribution in [0.4, 0.5) is 0 Å². The first-order chi connectivity index (χ1) is 9.72. The Morgan fingerprint density at radius 1 is 1.38 bits per heavy atom. The second-order valence-corrected chi connectivity index (χ2v) is 7.36. The summed E-state index contributed by atoms with van der Waals surface area (Å²) in [5.74, 6) is -0.309. The SMILES string of the molecule is CCN(CCOC)C(=O)c1cc(Cl)cc(S(=O)(=O)Cl)c1C. The molecule has 21 heavy (non-hydrogen) atoms. The first-order valence-electron chi connectivity index (χ1n) is 6.25. The Hall–Kier alpha value is -0.820. The zero-order chi connectivity index (χ0) is 16.2. The minimum absolute atomic E-state index is 0.144. The van der Waals surface area contributed by atoms with Gasteiger partial charge < -0.3 is 9.64 Å². The van der Waals surface area contributed by atoms with E-state index in [0.717, 1.165) is 0 Å². The van der Waals surface area contributed by atoms with Crippen molar-refractivity contribution in [2.45, 2.75) is 18.7 Å². The van der Waals surface area contributed by atoms with Crippen molar-refractivity contribution in [3.8, 4) is 0 Å². The highest BCUT2D eigenvalue weighted by atomic mass is 35.7. The minimum atomic E-state index is -3.97. The smallest absolute Gasteiger partial charge is 0.261 e. The summed E-state index contributed by atoms with van der Waals surface area (Å²) in [4.78, 5) is 13.9. The van der Waals surface area contributed by atoms with Gasteiger partial charge in [0.2, 0.25) is 0 Å². The number of hydrogen-bond acceptors (Lipinski definition) is 4. The molecule has 0 aromatic heterocycles. The van der Waals surface area contributed by atoms with Crippen LogP contribution < -0.4 is 0 Å². The van der Waals surface area contributed by atoms with Crippen LogP contribution in [0.1, 0.15) is 22.8 Å². The van der Waals surface area contributed by atoms with E-state index in [4.69, 9.17) is 27.0 Å². The van der Waals surface area contributed by atoms with Gasteiger partial charge in [-0.15, -0.1) is 0 Å².